The first-order chi connectivity index (χ1) is 13.5. The molecule has 0 fully saturated rings. The molecule has 0 N–H and O–H groups in total. The van der Waals surface area contributed by atoms with Crippen LogP contribution in [0.3, 0.4) is 0 Å². The van der Waals surface area contributed by atoms with E-state index < -0.39 is 5.25 Å². The summed E-state index contributed by atoms with van der Waals surface area (Å²) in [7, 11) is 5.05. The number of nitrogens with zero attached hydrogens (tertiary/aromatic N) is 3. The van der Waals surface area contributed by atoms with Gasteiger partial charge in [0.1, 0.15) is 5.25 Å². The summed E-state index contributed by atoms with van der Waals surface area (Å²) in [5.74, 6) is -0.0584. The summed E-state index contributed by atoms with van der Waals surface area (Å²) < 4.78 is 6.76. The second-order valence-corrected chi connectivity index (χ2v) is 7.57. The van der Waals surface area contributed by atoms with E-state index in [0.29, 0.717) is 29.2 Å². The predicted octanol–water partition coefficient (Wildman–Crippen LogP) is 2.96. The first-order valence-corrected chi connectivity index (χ1v) is 9.82. The molecule has 0 spiro atoms. The fourth-order valence-corrected chi connectivity index (χ4v) is 4.11. The number of methoxy groups -OCH3 is 1. The zero-order valence-corrected chi connectivity index (χ0v) is 17.0. The van der Waals surface area contributed by atoms with Gasteiger partial charge in [-0.15, -0.1) is 0 Å². The van der Waals surface area contributed by atoms with Gasteiger partial charge in [-0.3, -0.25) is 14.2 Å². The molecule has 0 saturated heterocycles. The van der Waals surface area contributed by atoms with Gasteiger partial charge >= 0.3 is 0 Å². The van der Waals surface area contributed by atoms with Crippen LogP contribution in [-0.2, 0) is 16.1 Å². The van der Waals surface area contributed by atoms with Crippen molar-refractivity contribution in [1.29, 1.82) is 0 Å². The fraction of sp³-hybridized carbons (Fsp3) is 0.286. The number of hydrogen-bond donors (Lipinski definition) is 0. The molecule has 1 aromatic heterocycles. The van der Waals surface area contributed by atoms with Gasteiger partial charge in [-0.2, -0.15) is 0 Å². The van der Waals surface area contributed by atoms with Crippen LogP contribution in [0.25, 0.3) is 10.9 Å². The molecule has 0 bridgehead atoms. The summed E-state index contributed by atoms with van der Waals surface area (Å²) in [5, 5.41) is 0.556. The molecule has 1 amide bonds. The zero-order chi connectivity index (χ0) is 20.1. The van der Waals surface area contributed by atoms with Crippen LogP contribution in [0.2, 0.25) is 0 Å². The maximum Gasteiger partial charge on any atom is 0.262 e. The van der Waals surface area contributed by atoms with Crippen molar-refractivity contribution >= 4 is 28.6 Å². The van der Waals surface area contributed by atoms with Crippen molar-refractivity contribution in [3.05, 3.63) is 70.5 Å². The van der Waals surface area contributed by atoms with Crippen LogP contribution in [0.1, 0.15) is 10.8 Å². The number of hydrogen-bond acceptors (Lipinski definition) is 5. The molecule has 6 nitrogen and oxygen atoms in total. The number of thioether (sulfide) groups is 1. The van der Waals surface area contributed by atoms with Crippen LogP contribution in [-0.4, -0.2) is 48.2 Å². The van der Waals surface area contributed by atoms with Gasteiger partial charge in [-0.25, -0.2) is 4.98 Å². The number of likely N-dealkylation sites (N-methyl/N-ethyl adjacent to an activating group) is 1. The Morgan fingerprint density at radius 3 is 2.50 bits per heavy atom. The molecular formula is C21H23N3O3S. The molecule has 0 unspecified atom stereocenters. The molecular weight excluding hydrogens is 374 g/mol. The van der Waals surface area contributed by atoms with Crippen molar-refractivity contribution in [3.63, 3.8) is 0 Å². The van der Waals surface area contributed by atoms with Crippen LogP contribution < -0.4 is 5.56 Å². The Morgan fingerprint density at radius 1 is 1.14 bits per heavy atom. The summed E-state index contributed by atoms with van der Waals surface area (Å²) in [6.07, 6.45) is 0. The topological polar surface area (TPSA) is 64.4 Å². The summed E-state index contributed by atoms with van der Waals surface area (Å²) in [6.45, 7) is 0.748. The summed E-state index contributed by atoms with van der Waals surface area (Å²) in [5.41, 5.74) is 1.36. The van der Waals surface area contributed by atoms with E-state index >= 15 is 0 Å². The standard InChI is InChI=1S/C21H23N3O3S/c1-23(2)20(26)18(15-9-5-4-6-10-15)28-21-22-17-12-8-7-11-16(17)19(25)24(21)13-14-27-3/h4-12,18H,13-14H2,1-3H3/t18-/m1/s1. The highest BCUT2D eigenvalue weighted by Crippen LogP contribution is 2.35. The zero-order valence-electron chi connectivity index (χ0n) is 16.2. The van der Waals surface area contributed by atoms with Crippen molar-refractivity contribution in [1.82, 2.24) is 14.5 Å². The molecule has 2 aromatic carbocycles. The first-order valence-electron chi connectivity index (χ1n) is 8.94. The summed E-state index contributed by atoms with van der Waals surface area (Å²) in [4.78, 5) is 32.2. The molecule has 0 aliphatic carbocycles. The fourth-order valence-electron chi connectivity index (χ4n) is 2.85. The van der Waals surface area contributed by atoms with E-state index in [1.54, 1.807) is 36.7 Å². The third kappa shape index (κ3) is 4.26. The van der Waals surface area contributed by atoms with Gasteiger partial charge in [-0.1, -0.05) is 54.2 Å². The minimum atomic E-state index is -0.502. The van der Waals surface area contributed by atoms with Gasteiger partial charge < -0.3 is 9.64 Å². The van der Waals surface area contributed by atoms with Gasteiger partial charge in [0.2, 0.25) is 5.91 Å². The number of rotatable bonds is 7. The minimum absolute atomic E-state index is 0.0584. The second-order valence-electron chi connectivity index (χ2n) is 6.50. The van der Waals surface area contributed by atoms with Crippen LogP contribution in [0.5, 0.6) is 0 Å². The Morgan fingerprint density at radius 2 is 1.82 bits per heavy atom. The molecule has 0 radical (unpaired) electrons. The highest BCUT2D eigenvalue weighted by atomic mass is 32.2. The Bertz CT molecular complexity index is 1020. The first kappa shape index (κ1) is 20.1. The number of ether oxygens (including phenoxy) is 1. The van der Waals surface area contributed by atoms with E-state index in [9.17, 15) is 9.59 Å². The molecule has 146 valence electrons. The molecule has 3 aromatic rings. The molecule has 3 rings (SSSR count). The molecule has 28 heavy (non-hydrogen) atoms. The molecule has 1 atom stereocenters. The van der Waals surface area contributed by atoms with Crippen molar-refractivity contribution in [2.75, 3.05) is 27.8 Å². The SMILES string of the molecule is COCCn1c(S[C@@H](C(=O)N(C)C)c2ccccc2)nc2ccccc2c1=O. The Balaban J connectivity index is 2.11. The Labute approximate surface area is 168 Å². The quantitative estimate of drug-likeness (QED) is 0.453. The Kier molecular flexibility index (Phi) is 6.49. The van der Waals surface area contributed by atoms with Crippen molar-refractivity contribution in [2.24, 2.45) is 0 Å². The van der Waals surface area contributed by atoms with Crippen molar-refractivity contribution in [2.45, 2.75) is 17.0 Å². The molecule has 7 heteroatoms. The van der Waals surface area contributed by atoms with Crippen molar-refractivity contribution < 1.29 is 9.53 Å². The van der Waals surface area contributed by atoms with Gasteiger partial charge in [0.15, 0.2) is 5.16 Å². The largest absolute Gasteiger partial charge is 0.383 e. The van der Waals surface area contributed by atoms with Gasteiger partial charge in [0.25, 0.3) is 5.56 Å². The van der Waals surface area contributed by atoms with E-state index in [1.807, 2.05) is 48.5 Å². The molecule has 1 heterocycles. The predicted molar refractivity (Wildman–Crippen MR) is 112 cm³/mol. The van der Waals surface area contributed by atoms with E-state index in [1.165, 1.54) is 11.8 Å². The summed E-state index contributed by atoms with van der Waals surface area (Å²) >= 11 is 1.29. The van der Waals surface area contributed by atoms with Gasteiger partial charge in [-0.05, 0) is 17.7 Å². The normalized spacial score (nSPS) is 12.1. The van der Waals surface area contributed by atoms with E-state index in [2.05, 4.69) is 0 Å². The lowest BCUT2D eigenvalue weighted by Crippen LogP contribution is -2.29. The highest BCUT2D eigenvalue weighted by molar-refractivity contribution is 8.00. The lowest BCUT2D eigenvalue weighted by molar-refractivity contribution is -0.128. The maximum atomic E-state index is 13.0. The highest BCUT2D eigenvalue weighted by Gasteiger charge is 2.26. The number of aromatic nitrogens is 2. The molecule has 0 saturated carbocycles. The number of benzene rings is 2. The van der Waals surface area contributed by atoms with Crippen molar-refractivity contribution in [3.8, 4) is 0 Å². The lowest BCUT2D eigenvalue weighted by Gasteiger charge is -2.22. The minimum Gasteiger partial charge on any atom is -0.383 e. The van der Waals surface area contributed by atoms with E-state index in [0.717, 1.165) is 5.56 Å². The number of carbonyl (C=O) groups is 1. The Hall–Kier alpha value is -2.64. The van der Waals surface area contributed by atoms with Crippen LogP contribution in [0.4, 0.5) is 0 Å². The smallest absolute Gasteiger partial charge is 0.262 e. The van der Waals surface area contributed by atoms with Crippen LogP contribution >= 0.6 is 11.8 Å². The average Bonchev–Trinajstić information content (AvgIpc) is 2.71. The third-order valence-electron chi connectivity index (χ3n) is 4.34. The van der Waals surface area contributed by atoms with Gasteiger partial charge in [0, 0.05) is 21.2 Å². The number of para-hydroxylation sites is 1. The number of amides is 1. The molecule has 0 aliphatic rings. The van der Waals surface area contributed by atoms with E-state index in [-0.39, 0.29) is 11.5 Å². The maximum absolute atomic E-state index is 13.0. The monoisotopic (exact) mass is 397 g/mol. The third-order valence-corrected chi connectivity index (χ3v) is 5.57. The number of carbonyl (C=O) groups excluding carboxylic acids is 1. The summed E-state index contributed by atoms with van der Waals surface area (Å²) in [6, 6.07) is 16.8. The van der Waals surface area contributed by atoms with Crippen LogP contribution in [0, 0.1) is 0 Å². The van der Waals surface area contributed by atoms with Crippen LogP contribution in [0.15, 0.2) is 64.5 Å². The molecule has 0 aliphatic heterocycles. The van der Waals surface area contributed by atoms with Gasteiger partial charge in [0.05, 0.1) is 24.1 Å². The van der Waals surface area contributed by atoms with E-state index in [4.69, 9.17) is 9.72 Å². The lowest BCUT2D eigenvalue weighted by atomic mass is 10.1. The average molecular weight is 398 g/mol. The second kappa shape index (κ2) is 9.03. The number of fused-ring (bicyclic) bond motifs is 1.